The first-order valence-electron chi connectivity index (χ1n) is 7.88. The molecule has 0 atom stereocenters. The Bertz CT molecular complexity index is 350. The van der Waals surface area contributed by atoms with Gasteiger partial charge in [-0.3, -0.25) is 4.90 Å². The molecule has 0 amide bonds. The largest absolute Gasteiger partial charge is 0.399 e. The third kappa shape index (κ3) is 4.54. The van der Waals surface area contributed by atoms with Crippen LogP contribution in [0.1, 0.15) is 57.4 Å². The summed E-state index contributed by atoms with van der Waals surface area (Å²) >= 11 is 0. The molecule has 0 heterocycles. The summed E-state index contributed by atoms with van der Waals surface area (Å²) in [5.74, 6) is 0. The molecular weight excluding hydrogens is 232 g/mol. The highest BCUT2D eigenvalue weighted by atomic mass is 15.1. The summed E-state index contributed by atoms with van der Waals surface area (Å²) in [7, 11) is 0. The summed E-state index contributed by atoms with van der Waals surface area (Å²) in [6.45, 7) is 4.58. The van der Waals surface area contributed by atoms with E-state index in [0.717, 1.165) is 18.3 Å². The van der Waals surface area contributed by atoms with E-state index >= 15 is 0 Å². The molecule has 106 valence electrons. The van der Waals surface area contributed by atoms with E-state index in [4.69, 9.17) is 5.73 Å². The van der Waals surface area contributed by atoms with Crippen molar-refractivity contribution in [1.29, 1.82) is 0 Å². The number of nitrogens with zero attached hydrogens (tertiary/aromatic N) is 1. The first-order valence-corrected chi connectivity index (χ1v) is 7.88. The normalized spacial score (nSPS) is 17.6. The number of nitrogen functional groups attached to an aromatic ring is 1. The third-order valence-corrected chi connectivity index (χ3v) is 4.22. The first kappa shape index (κ1) is 14.4. The van der Waals surface area contributed by atoms with Gasteiger partial charge in [0.15, 0.2) is 0 Å². The van der Waals surface area contributed by atoms with Crippen molar-refractivity contribution in [1.82, 2.24) is 4.90 Å². The number of benzene rings is 1. The minimum Gasteiger partial charge on any atom is -0.399 e. The number of nitrogens with two attached hydrogens (primary N) is 1. The Labute approximate surface area is 118 Å². The smallest absolute Gasteiger partial charge is 0.0314 e. The molecule has 2 heteroatoms. The molecule has 2 nitrogen and oxygen atoms in total. The van der Waals surface area contributed by atoms with Crippen LogP contribution in [0.4, 0.5) is 5.69 Å². The maximum Gasteiger partial charge on any atom is 0.0314 e. The highest BCUT2D eigenvalue weighted by Crippen LogP contribution is 2.23. The van der Waals surface area contributed by atoms with E-state index in [-0.39, 0.29) is 0 Å². The minimum absolute atomic E-state index is 0.792. The lowest BCUT2D eigenvalue weighted by molar-refractivity contribution is 0.170. The topological polar surface area (TPSA) is 29.3 Å². The fraction of sp³-hybridized carbons (Fsp3) is 0.647. The van der Waals surface area contributed by atoms with E-state index in [1.807, 2.05) is 12.1 Å². The number of rotatable bonds is 5. The maximum atomic E-state index is 5.77. The zero-order chi connectivity index (χ0) is 13.5. The fourth-order valence-corrected chi connectivity index (χ4v) is 3.16. The molecule has 0 bridgehead atoms. The number of hydrogen-bond donors (Lipinski definition) is 1. The third-order valence-electron chi connectivity index (χ3n) is 4.22. The lowest BCUT2D eigenvalue weighted by Crippen LogP contribution is -2.35. The molecule has 0 aliphatic heterocycles. The monoisotopic (exact) mass is 260 g/mol. The molecule has 0 radical (unpaired) electrons. The van der Waals surface area contributed by atoms with Crippen LogP contribution in [-0.4, -0.2) is 17.5 Å². The second-order valence-corrected chi connectivity index (χ2v) is 5.86. The summed E-state index contributed by atoms with van der Waals surface area (Å²) in [5, 5.41) is 0. The molecule has 0 saturated heterocycles. The second kappa shape index (κ2) is 7.54. The Balaban J connectivity index is 1.99. The Hall–Kier alpha value is -1.02. The van der Waals surface area contributed by atoms with Gasteiger partial charge in [0.2, 0.25) is 0 Å². The molecule has 2 rings (SSSR count). The van der Waals surface area contributed by atoms with Crippen molar-refractivity contribution in [3.8, 4) is 0 Å². The van der Waals surface area contributed by atoms with E-state index in [0.29, 0.717) is 0 Å². The lowest BCUT2D eigenvalue weighted by Gasteiger charge is -2.31. The highest BCUT2D eigenvalue weighted by Gasteiger charge is 2.19. The molecule has 1 fully saturated rings. The molecule has 0 spiro atoms. The van der Waals surface area contributed by atoms with Crippen molar-refractivity contribution in [3.63, 3.8) is 0 Å². The number of anilines is 1. The van der Waals surface area contributed by atoms with Gasteiger partial charge in [-0.1, -0.05) is 44.7 Å². The summed E-state index contributed by atoms with van der Waals surface area (Å²) in [6.07, 6.45) is 9.69. The standard InChI is InChI=1S/C17H28N2/c1-2-13-19(17-7-5-3-4-6-8-17)14-15-9-11-16(18)12-10-15/h9-12,17H,2-8,13-14,18H2,1H3. The first-order chi connectivity index (χ1) is 9.29. The zero-order valence-corrected chi connectivity index (χ0v) is 12.3. The summed E-state index contributed by atoms with van der Waals surface area (Å²) in [6, 6.07) is 9.18. The Morgan fingerprint density at radius 1 is 1.05 bits per heavy atom. The lowest BCUT2D eigenvalue weighted by atomic mass is 10.1. The minimum atomic E-state index is 0.792. The molecule has 0 unspecified atom stereocenters. The summed E-state index contributed by atoms with van der Waals surface area (Å²) < 4.78 is 0. The molecular formula is C17H28N2. The molecule has 2 N–H and O–H groups in total. The molecule has 1 saturated carbocycles. The van der Waals surface area contributed by atoms with Crippen LogP contribution in [0.5, 0.6) is 0 Å². The molecule has 1 aliphatic rings. The van der Waals surface area contributed by atoms with Crippen LogP contribution in [0.2, 0.25) is 0 Å². The molecule has 0 aromatic heterocycles. The van der Waals surface area contributed by atoms with E-state index in [9.17, 15) is 0 Å². The average Bonchev–Trinajstić information content (AvgIpc) is 2.70. The van der Waals surface area contributed by atoms with Gasteiger partial charge in [0.1, 0.15) is 0 Å². The summed E-state index contributed by atoms with van der Waals surface area (Å²) in [5.41, 5.74) is 8.02. The van der Waals surface area contributed by atoms with Crippen LogP contribution in [0, 0.1) is 0 Å². The molecule has 19 heavy (non-hydrogen) atoms. The van der Waals surface area contributed by atoms with Gasteiger partial charge in [-0.2, -0.15) is 0 Å². The van der Waals surface area contributed by atoms with Gasteiger partial charge in [-0.25, -0.2) is 0 Å². The predicted octanol–water partition coefficient (Wildman–Crippen LogP) is 4.20. The van der Waals surface area contributed by atoms with Crippen LogP contribution in [0.3, 0.4) is 0 Å². The molecule has 1 aromatic rings. The maximum absolute atomic E-state index is 5.77. The van der Waals surface area contributed by atoms with Crippen LogP contribution in [0.15, 0.2) is 24.3 Å². The fourth-order valence-electron chi connectivity index (χ4n) is 3.16. The predicted molar refractivity (Wildman–Crippen MR) is 83.0 cm³/mol. The van der Waals surface area contributed by atoms with Gasteiger partial charge in [-0.15, -0.1) is 0 Å². The Morgan fingerprint density at radius 2 is 1.68 bits per heavy atom. The SMILES string of the molecule is CCCN(Cc1ccc(N)cc1)C1CCCCCC1. The highest BCUT2D eigenvalue weighted by molar-refractivity contribution is 5.39. The second-order valence-electron chi connectivity index (χ2n) is 5.86. The Morgan fingerprint density at radius 3 is 2.26 bits per heavy atom. The van der Waals surface area contributed by atoms with Gasteiger partial charge in [0.05, 0.1) is 0 Å². The van der Waals surface area contributed by atoms with Crippen molar-refractivity contribution in [2.24, 2.45) is 0 Å². The van der Waals surface area contributed by atoms with E-state index in [1.54, 1.807) is 0 Å². The van der Waals surface area contributed by atoms with Crippen molar-refractivity contribution < 1.29 is 0 Å². The van der Waals surface area contributed by atoms with Crippen LogP contribution in [0.25, 0.3) is 0 Å². The van der Waals surface area contributed by atoms with E-state index < -0.39 is 0 Å². The zero-order valence-electron chi connectivity index (χ0n) is 12.3. The average molecular weight is 260 g/mol. The van der Waals surface area contributed by atoms with E-state index in [2.05, 4.69) is 24.0 Å². The van der Waals surface area contributed by atoms with Crippen LogP contribution in [-0.2, 0) is 6.54 Å². The van der Waals surface area contributed by atoms with Gasteiger partial charge >= 0.3 is 0 Å². The van der Waals surface area contributed by atoms with Crippen molar-refractivity contribution >= 4 is 5.69 Å². The van der Waals surface area contributed by atoms with Crippen LogP contribution < -0.4 is 5.73 Å². The van der Waals surface area contributed by atoms with Gasteiger partial charge in [-0.05, 0) is 43.5 Å². The quantitative estimate of drug-likeness (QED) is 0.635. The molecule has 1 aliphatic carbocycles. The molecule has 1 aromatic carbocycles. The van der Waals surface area contributed by atoms with Crippen molar-refractivity contribution in [3.05, 3.63) is 29.8 Å². The van der Waals surface area contributed by atoms with Gasteiger partial charge < -0.3 is 5.73 Å². The van der Waals surface area contributed by atoms with E-state index in [1.165, 1.54) is 57.1 Å². The van der Waals surface area contributed by atoms with Crippen molar-refractivity contribution in [2.45, 2.75) is 64.5 Å². The number of hydrogen-bond acceptors (Lipinski definition) is 2. The van der Waals surface area contributed by atoms with Crippen molar-refractivity contribution in [2.75, 3.05) is 12.3 Å². The van der Waals surface area contributed by atoms with Crippen LogP contribution >= 0.6 is 0 Å². The summed E-state index contributed by atoms with van der Waals surface area (Å²) in [4.78, 5) is 2.69. The van der Waals surface area contributed by atoms with Gasteiger partial charge in [0, 0.05) is 18.3 Å². The Kier molecular flexibility index (Phi) is 5.71. The van der Waals surface area contributed by atoms with Gasteiger partial charge in [0.25, 0.3) is 0 Å².